The van der Waals surface area contributed by atoms with E-state index in [1.165, 1.54) is 42.7 Å². The van der Waals surface area contributed by atoms with Crippen molar-refractivity contribution >= 4 is 27.5 Å². The number of hydrogen-bond acceptors (Lipinski definition) is 6. The number of aryl methyl sites for hydroxylation is 1. The molecule has 9 heteroatoms. The number of nitrogens with one attached hydrogen (secondary N) is 1. The van der Waals surface area contributed by atoms with Gasteiger partial charge in [-0.2, -0.15) is 0 Å². The first-order valence-corrected chi connectivity index (χ1v) is 9.40. The second kappa shape index (κ2) is 7.17. The second-order valence-corrected chi connectivity index (χ2v) is 7.55. The maximum Gasteiger partial charge on any atom is 0.373 e. The Morgan fingerprint density at radius 2 is 1.93 bits per heavy atom. The monoisotopic (exact) mass is 414 g/mol. The van der Waals surface area contributed by atoms with E-state index in [-0.39, 0.29) is 23.9 Å². The maximum atomic E-state index is 13.3. The molecule has 0 atom stereocenters. The van der Waals surface area contributed by atoms with Crippen LogP contribution in [0.1, 0.15) is 21.2 Å². The van der Waals surface area contributed by atoms with Gasteiger partial charge in [0, 0.05) is 10.4 Å². The summed E-state index contributed by atoms with van der Waals surface area (Å²) in [6.07, 6.45) is 0. The molecule has 0 aliphatic heterocycles. The van der Waals surface area contributed by atoms with Crippen molar-refractivity contribution in [3.63, 3.8) is 0 Å². The van der Waals surface area contributed by atoms with Crippen LogP contribution in [-0.2, 0) is 11.3 Å². The number of furan rings is 1. The third-order valence-electron chi connectivity index (χ3n) is 4.50. The van der Waals surface area contributed by atoms with Crippen LogP contribution >= 0.6 is 11.3 Å². The Morgan fingerprint density at radius 1 is 1.21 bits per heavy atom. The zero-order valence-corrected chi connectivity index (χ0v) is 16.3. The number of carbonyl (C=O) groups excluding carboxylic acids is 1. The number of ether oxygens (including phenoxy) is 1. The number of aromatic amines is 1. The van der Waals surface area contributed by atoms with E-state index in [0.29, 0.717) is 21.3 Å². The zero-order chi connectivity index (χ0) is 20.7. The van der Waals surface area contributed by atoms with Gasteiger partial charge in [0.05, 0.1) is 19.0 Å². The van der Waals surface area contributed by atoms with E-state index in [2.05, 4.69) is 9.72 Å². The summed E-state index contributed by atoms with van der Waals surface area (Å²) >= 11 is 1.28. The molecule has 29 heavy (non-hydrogen) atoms. The van der Waals surface area contributed by atoms with Crippen molar-refractivity contribution in [2.75, 3.05) is 7.11 Å². The van der Waals surface area contributed by atoms with Crippen LogP contribution in [-0.4, -0.2) is 22.6 Å². The molecule has 0 saturated heterocycles. The molecule has 0 amide bonds. The van der Waals surface area contributed by atoms with E-state index in [1.54, 1.807) is 12.1 Å². The Kier molecular flexibility index (Phi) is 4.67. The molecule has 148 valence electrons. The van der Waals surface area contributed by atoms with Gasteiger partial charge in [-0.3, -0.25) is 14.3 Å². The Morgan fingerprint density at radius 3 is 2.62 bits per heavy atom. The smallest absolute Gasteiger partial charge is 0.373 e. The van der Waals surface area contributed by atoms with Gasteiger partial charge in [0.25, 0.3) is 5.56 Å². The van der Waals surface area contributed by atoms with E-state index < -0.39 is 17.2 Å². The molecule has 3 heterocycles. The van der Waals surface area contributed by atoms with E-state index in [9.17, 15) is 18.8 Å². The predicted octanol–water partition coefficient (Wildman–Crippen LogP) is 3.29. The van der Waals surface area contributed by atoms with Crippen molar-refractivity contribution in [2.45, 2.75) is 13.5 Å². The number of H-pyrrole nitrogens is 1. The lowest BCUT2D eigenvalue weighted by atomic mass is 10.0. The number of thiophene rings is 1. The normalized spacial score (nSPS) is 11.1. The number of benzene rings is 1. The summed E-state index contributed by atoms with van der Waals surface area (Å²) in [6.45, 7) is 1.68. The summed E-state index contributed by atoms with van der Waals surface area (Å²) in [5.41, 5.74) is 0.236. The SMILES string of the molecule is COC(=O)c1ccc(Cn2c(=O)[nH]c3sc(C)c(-c4ccc(F)cc4)c3c2=O)o1. The number of esters is 1. The molecule has 0 saturated carbocycles. The van der Waals surface area contributed by atoms with E-state index >= 15 is 0 Å². The first kappa shape index (κ1) is 18.9. The first-order chi connectivity index (χ1) is 13.9. The first-order valence-electron chi connectivity index (χ1n) is 8.58. The number of carbonyl (C=O) groups is 1. The molecule has 0 aliphatic carbocycles. The third-order valence-corrected chi connectivity index (χ3v) is 5.52. The molecule has 0 aliphatic rings. The Labute approximate surface area is 167 Å². The van der Waals surface area contributed by atoms with Gasteiger partial charge in [-0.15, -0.1) is 11.3 Å². The third kappa shape index (κ3) is 3.29. The molecule has 4 aromatic rings. The minimum atomic E-state index is -0.653. The Balaban J connectivity index is 1.86. The largest absolute Gasteiger partial charge is 0.463 e. The van der Waals surface area contributed by atoms with E-state index in [1.807, 2.05) is 6.92 Å². The minimum absolute atomic E-state index is 0.0218. The summed E-state index contributed by atoms with van der Waals surface area (Å²) in [6, 6.07) is 8.74. The van der Waals surface area contributed by atoms with Crippen molar-refractivity contribution in [1.29, 1.82) is 0 Å². The molecular formula is C20H15FN2O5S. The number of aromatic nitrogens is 2. The topological polar surface area (TPSA) is 94.3 Å². The average Bonchev–Trinajstić information content (AvgIpc) is 3.29. The number of rotatable bonds is 4. The highest BCUT2D eigenvalue weighted by atomic mass is 32.1. The number of halogens is 1. The quantitative estimate of drug-likeness (QED) is 0.517. The number of fused-ring (bicyclic) bond motifs is 1. The highest BCUT2D eigenvalue weighted by Crippen LogP contribution is 2.35. The van der Waals surface area contributed by atoms with Gasteiger partial charge in [0.1, 0.15) is 16.4 Å². The van der Waals surface area contributed by atoms with Gasteiger partial charge in [0.2, 0.25) is 5.76 Å². The maximum absolute atomic E-state index is 13.3. The Bertz CT molecular complexity index is 1340. The number of hydrogen-bond donors (Lipinski definition) is 1. The predicted molar refractivity (Wildman–Crippen MR) is 106 cm³/mol. The number of nitrogens with zero attached hydrogens (tertiary/aromatic N) is 1. The van der Waals surface area contributed by atoms with Gasteiger partial charge in [-0.1, -0.05) is 12.1 Å². The van der Waals surface area contributed by atoms with Gasteiger partial charge in [-0.25, -0.2) is 14.0 Å². The van der Waals surface area contributed by atoms with Crippen molar-refractivity contribution in [3.8, 4) is 11.1 Å². The summed E-state index contributed by atoms with van der Waals surface area (Å²) in [5, 5.41) is 0.346. The van der Waals surface area contributed by atoms with Crippen molar-refractivity contribution in [2.24, 2.45) is 0 Å². The summed E-state index contributed by atoms with van der Waals surface area (Å²) in [4.78, 5) is 41.2. The van der Waals surface area contributed by atoms with E-state index in [0.717, 1.165) is 9.44 Å². The molecule has 0 bridgehead atoms. The molecule has 4 rings (SSSR count). The van der Waals surface area contributed by atoms with Crippen LogP contribution in [0.2, 0.25) is 0 Å². The lowest BCUT2D eigenvalue weighted by Crippen LogP contribution is -2.35. The van der Waals surface area contributed by atoms with Crippen LogP contribution in [0.4, 0.5) is 4.39 Å². The summed E-state index contributed by atoms with van der Waals surface area (Å²) in [5.74, 6) is -0.796. The molecule has 3 aromatic heterocycles. The highest BCUT2D eigenvalue weighted by Gasteiger charge is 2.19. The molecule has 0 unspecified atom stereocenters. The molecule has 0 spiro atoms. The molecule has 1 N–H and O–H groups in total. The van der Waals surface area contributed by atoms with Crippen molar-refractivity contribution in [1.82, 2.24) is 9.55 Å². The van der Waals surface area contributed by atoms with Gasteiger partial charge in [-0.05, 0) is 36.8 Å². The van der Waals surface area contributed by atoms with Crippen LogP contribution in [0.15, 0.2) is 50.4 Å². The van der Waals surface area contributed by atoms with Gasteiger partial charge in [0.15, 0.2) is 0 Å². The highest BCUT2D eigenvalue weighted by molar-refractivity contribution is 7.19. The summed E-state index contributed by atoms with van der Waals surface area (Å²) in [7, 11) is 1.23. The fraction of sp³-hybridized carbons (Fsp3) is 0.150. The standard InChI is InChI=1S/C20H15FN2O5S/c1-10-15(11-3-5-12(21)6-4-11)16-17(29-10)22-20(26)23(18(16)24)9-13-7-8-14(28-13)19(25)27-2/h3-8H,9H2,1-2H3,(H,22,26). The van der Waals surface area contributed by atoms with Crippen LogP contribution < -0.4 is 11.2 Å². The fourth-order valence-electron chi connectivity index (χ4n) is 3.17. The molecule has 0 fully saturated rings. The van der Waals surface area contributed by atoms with Crippen LogP contribution in [0.3, 0.4) is 0 Å². The lowest BCUT2D eigenvalue weighted by molar-refractivity contribution is 0.0563. The van der Waals surface area contributed by atoms with Crippen LogP contribution in [0.5, 0.6) is 0 Å². The summed E-state index contributed by atoms with van der Waals surface area (Å²) < 4.78 is 24.3. The minimum Gasteiger partial charge on any atom is -0.463 e. The lowest BCUT2D eigenvalue weighted by Gasteiger charge is -2.05. The van der Waals surface area contributed by atoms with Gasteiger partial charge >= 0.3 is 11.7 Å². The van der Waals surface area contributed by atoms with Crippen molar-refractivity contribution in [3.05, 3.63) is 79.5 Å². The Hall–Kier alpha value is -3.46. The second-order valence-electron chi connectivity index (χ2n) is 6.32. The fourth-order valence-corrected chi connectivity index (χ4v) is 4.22. The zero-order valence-electron chi connectivity index (χ0n) is 15.4. The van der Waals surface area contributed by atoms with Crippen LogP contribution in [0.25, 0.3) is 21.3 Å². The molecule has 1 aromatic carbocycles. The van der Waals surface area contributed by atoms with Crippen LogP contribution in [0, 0.1) is 12.7 Å². The van der Waals surface area contributed by atoms with E-state index in [4.69, 9.17) is 4.42 Å². The average molecular weight is 414 g/mol. The van der Waals surface area contributed by atoms with Crippen molar-refractivity contribution < 1.29 is 18.3 Å². The molecule has 7 nitrogen and oxygen atoms in total. The van der Waals surface area contributed by atoms with Gasteiger partial charge < -0.3 is 9.15 Å². The molecule has 0 radical (unpaired) electrons. The number of methoxy groups -OCH3 is 1. The molecular weight excluding hydrogens is 399 g/mol.